The summed E-state index contributed by atoms with van der Waals surface area (Å²) >= 11 is 1.61. The summed E-state index contributed by atoms with van der Waals surface area (Å²) in [6, 6.07) is 17.3. The second kappa shape index (κ2) is 5.77. The molecule has 0 N–H and O–H groups in total. The first-order chi connectivity index (χ1) is 9.33. The van der Waals surface area contributed by atoms with Crippen molar-refractivity contribution in [1.82, 2.24) is 4.98 Å². The Balaban J connectivity index is 1.71. The molecule has 0 amide bonds. The van der Waals surface area contributed by atoms with Gasteiger partial charge in [0.25, 0.3) is 0 Å². The second-order valence-electron chi connectivity index (χ2n) is 3.77. The number of hydrogen-bond donors (Lipinski definition) is 0. The minimum atomic E-state index is 0.0601. The van der Waals surface area contributed by atoms with Crippen LogP contribution < -0.4 is 0 Å². The molecule has 0 saturated heterocycles. The number of rotatable bonds is 3. The third-order valence-electron chi connectivity index (χ3n) is 2.47. The zero-order valence-electron chi connectivity index (χ0n) is 9.78. The number of fused-ring (bicyclic) bond motifs is 1. The number of para-hydroxylation sites is 1. The molecule has 0 aliphatic rings. The summed E-state index contributed by atoms with van der Waals surface area (Å²) in [5.74, 6) is 0. The van der Waals surface area contributed by atoms with Crippen molar-refractivity contribution in [1.29, 1.82) is 0 Å². The van der Waals surface area contributed by atoms with Crippen molar-refractivity contribution in [2.75, 3.05) is 0 Å². The molecule has 0 radical (unpaired) electrons. The van der Waals surface area contributed by atoms with Crippen LogP contribution in [0.5, 0.6) is 0 Å². The Hall–Kier alpha value is -1.30. The molecule has 0 atom stereocenters. The molecular weight excluding hydrogens is 294 g/mol. The molecule has 0 aliphatic carbocycles. The van der Waals surface area contributed by atoms with Gasteiger partial charge in [-0.3, -0.25) is 4.79 Å². The van der Waals surface area contributed by atoms with Crippen LogP contribution >= 0.6 is 32.9 Å². The summed E-state index contributed by atoms with van der Waals surface area (Å²) in [5.41, 5.74) is 1.71. The van der Waals surface area contributed by atoms with Gasteiger partial charge in [-0.25, -0.2) is 4.98 Å². The Morgan fingerprint density at radius 1 is 1.00 bits per heavy atom. The Morgan fingerprint density at radius 2 is 1.74 bits per heavy atom. The zero-order valence-corrected chi connectivity index (χ0v) is 12.2. The van der Waals surface area contributed by atoms with Crippen LogP contribution in [0, 0.1) is 0 Å². The highest BCUT2D eigenvalue weighted by Crippen LogP contribution is 2.38. The Morgan fingerprint density at radius 3 is 2.53 bits per heavy atom. The SMILES string of the molecule is O=C(SSc1nc2ccccc2s1)c1ccccc1. The van der Waals surface area contributed by atoms with Gasteiger partial charge >= 0.3 is 0 Å². The molecule has 3 aromatic rings. The molecule has 0 saturated carbocycles. The van der Waals surface area contributed by atoms with E-state index in [0.717, 1.165) is 20.1 Å². The van der Waals surface area contributed by atoms with Gasteiger partial charge in [0, 0.05) is 5.56 Å². The quantitative estimate of drug-likeness (QED) is 0.645. The lowest BCUT2D eigenvalue weighted by molar-refractivity contribution is 0.109. The van der Waals surface area contributed by atoms with Gasteiger partial charge in [0.1, 0.15) is 0 Å². The molecule has 0 aliphatic heterocycles. The number of thiazole rings is 1. The van der Waals surface area contributed by atoms with Gasteiger partial charge in [0.2, 0.25) is 5.12 Å². The molecule has 1 aromatic heterocycles. The van der Waals surface area contributed by atoms with Crippen LogP contribution in [0.3, 0.4) is 0 Å². The minimum absolute atomic E-state index is 0.0601. The van der Waals surface area contributed by atoms with Crippen molar-refractivity contribution in [3.63, 3.8) is 0 Å². The summed E-state index contributed by atoms with van der Waals surface area (Å²) in [4.78, 5) is 16.4. The fourth-order valence-electron chi connectivity index (χ4n) is 1.58. The van der Waals surface area contributed by atoms with Gasteiger partial charge in [-0.15, -0.1) is 11.3 Å². The summed E-state index contributed by atoms with van der Waals surface area (Å²) < 4.78 is 2.06. The number of aromatic nitrogens is 1. The normalized spacial score (nSPS) is 10.7. The van der Waals surface area contributed by atoms with Gasteiger partial charge < -0.3 is 0 Å². The number of benzene rings is 2. The van der Waals surface area contributed by atoms with E-state index in [1.165, 1.54) is 21.6 Å². The molecule has 0 bridgehead atoms. The van der Waals surface area contributed by atoms with Crippen molar-refractivity contribution in [2.24, 2.45) is 0 Å². The first kappa shape index (κ1) is 12.7. The molecule has 2 nitrogen and oxygen atoms in total. The molecule has 0 fully saturated rings. The van der Waals surface area contributed by atoms with Crippen LogP contribution in [0.2, 0.25) is 0 Å². The van der Waals surface area contributed by atoms with Crippen molar-refractivity contribution in [3.8, 4) is 0 Å². The first-order valence-corrected chi connectivity index (χ1v) is 8.59. The van der Waals surface area contributed by atoms with E-state index in [-0.39, 0.29) is 5.12 Å². The molecule has 5 heteroatoms. The van der Waals surface area contributed by atoms with Crippen LogP contribution in [-0.2, 0) is 0 Å². The van der Waals surface area contributed by atoms with E-state index < -0.39 is 0 Å². The van der Waals surface area contributed by atoms with Crippen molar-refractivity contribution >= 4 is 48.3 Å². The molecule has 0 unspecified atom stereocenters. The van der Waals surface area contributed by atoms with E-state index >= 15 is 0 Å². The topological polar surface area (TPSA) is 30.0 Å². The maximum Gasteiger partial charge on any atom is 0.230 e. The van der Waals surface area contributed by atoms with Gasteiger partial charge in [0.05, 0.1) is 10.2 Å². The van der Waals surface area contributed by atoms with E-state index in [2.05, 4.69) is 4.98 Å². The average Bonchev–Trinajstić information content (AvgIpc) is 2.88. The van der Waals surface area contributed by atoms with E-state index in [9.17, 15) is 4.79 Å². The number of carbonyl (C=O) groups is 1. The van der Waals surface area contributed by atoms with Gasteiger partial charge in [-0.05, 0) is 33.7 Å². The van der Waals surface area contributed by atoms with Crippen LogP contribution in [0.25, 0.3) is 10.2 Å². The van der Waals surface area contributed by atoms with Crippen molar-refractivity contribution in [3.05, 3.63) is 60.2 Å². The number of nitrogens with zero attached hydrogens (tertiary/aromatic N) is 1. The second-order valence-corrected chi connectivity index (χ2v) is 7.15. The van der Waals surface area contributed by atoms with Gasteiger partial charge in [-0.1, -0.05) is 42.5 Å². The standard InChI is InChI=1S/C14H9NOS3/c16-13(10-6-2-1-3-7-10)18-19-14-15-11-8-4-5-9-12(11)17-14/h1-9H. The maximum atomic E-state index is 12.0. The molecule has 94 valence electrons. The fraction of sp³-hybridized carbons (Fsp3) is 0. The highest BCUT2D eigenvalue weighted by atomic mass is 33.1. The molecule has 1 heterocycles. The van der Waals surface area contributed by atoms with Gasteiger partial charge in [0.15, 0.2) is 4.34 Å². The first-order valence-electron chi connectivity index (χ1n) is 5.62. The molecular formula is C14H9NOS3. The summed E-state index contributed by atoms with van der Waals surface area (Å²) in [7, 11) is 2.65. The van der Waals surface area contributed by atoms with E-state index in [1.54, 1.807) is 11.3 Å². The van der Waals surface area contributed by atoms with Crippen LogP contribution in [-0.4, -0.2) is 10.1 Å². The Labute approximate surface area is 122 Å². The summed E-state index contributed by atoms with van der Waals surface area (Å²) in [5, 5.41) is 0.0601. The van der Waals surface area contributed by atoms with Crippen LogP contribution in [0.1, 0.15) is 10.4 Å². The number of hydrogen-bond acceptors (Lipinski definition) is 5. The third kappa shape index (κ3) is 3.00. The third-order valence-corrected chi connectivity index (χ3v) is 6.00. The largest absolute Gasteiger partial charge is 0.281 e. The van der Waals surface area contributed by atoms with Crippen molar-refractivity contribution in [2.45, 2.75) is 4.34 Å². The van der Waals surface area contributed by atoms with E-state index in [4.69, 9.17) is 0 Å². The van der Waals surface area contributed by atoms with E-state index in [1.807, 2.05) is 54.6 Å². The molecule has 19 heavy (non-hydrogen) atoms. The van der Waals surface area contributed by atoms with Crippen molar-refractivity contribution < 1.29 is 4.79 Å². The lowest BCUT2D eigenvalue weighted by atomic mass is 10.2. The molecule has 0 spiro atoms. The predicted octanol–water partition coefficient (Wildman–Crippen LogP) is 4.88. The molecule has 2 aromatic carbocycles. The monoisotopic (exact) mass is 303 g/mol. The van der Waals surface area contributed by atoms with Crippen LogP contribution in [0.4, 0.5) is 0 Å². The summed E-state index contributed by atoms with van der Waals surface area (Å²) in [6.45, 7) is 0. The van der Waals surface area contributed by atoms with Crippen LogP contribution in [0.15, 0.2) is 58.9 Å². The lowest BCUT2D eigenvalue weighted by Crippen LogP contribution is -1.89. The smallest absolute Gasteiger partial charge is 0.230 e. The van der Waals surface area contributed by atoms with E-state index in [0.29, 0.717) is 0 Å². The highest BCUT2D eigenvalue weighted by molar-refractivity contribution is 8.82. The van der Waals surface area contributed by atoms with Gasteiger partial charge in [-0.2, -0.15) is 0 Å². The highest BCUT2D eigenvalue weighted by Gasteiger charge is 2.10. The zero-order chi connectivity index (χ0) is 13.1. The maximum absolute atomic E-state index is 12.0. The Bertz CT molecular complexity index is 676. The minimum Gasteiger partial charge on any atom is -0.281 e. The average molecular weight is 303 g/mol. The summed E-state index contributed by atoms with van der Waals surface area (Å²) in [6.07, 6.45) is 0. The molecule has 3 rings (SSSR count). The Kier molecular flexibility index (Phi) is 3.87. The fourth-order valence-corrected chi connectivity index (χ4v) is 4.65. The number of carbonyl (C=O) groups excluding carboxylic acids is 1. The predicted molar refractivity (Wildman–Crippen MR) is 83.8 cm³/mol. The lowest BCUT2D eigenvalue weighted by Gasteiger charge is -1.97.